The number of rotatable bonds is 7. The Hall–Kier alpha value is -2.86. The first-order valence-electron chi connectivity index (χ1n) is 11.2. The van der Waals surface area contributed by atoms with Gasteiger partial charge in [0.15, 0.2) is 0 Å². The Balaban J connectivity index is 1.45. The number of methoxy groups -OCH3 is 1. The number of para-hydroxylation sites is 1. The predicted octanol–water partition coefficient (Wildman–Crippen LogP) is 4.14. The highest BCUT2D eigenvalue weighted by Crippen LogP contribution is 2.31. The Bertz CT molecular complexity index is 908. The number of carbonyl (C=O) groups excluding carboxylic acids is 2. The first-order chi connectivity index (χ1) is 15.1. The molecule has 2 amide bonds. The van der Waals surface area contributed by atoms with E-state index < -0.39 is 0 Å². The summed E-state index contributed by atoms with van der Waals surface area (Å²) in [5, 5.41) is 5.98. The quantitative estimate of drug-likeness (QED) is 0.705. The summed E-state index contributed by atoms with van der Waals surface area (Å²) in [7, 11) is 1.67. The Morgan fingerprint density at radius 2 is 1.77 bits per heavy atom. The lowest BCUT2D eigenvalue weighted by Crippen LogP contribution is -2.36. The van der Waals surface area contributed by atoms with Gasteiger partial charge in [-0.1, -0.05) is 37.1 Å². The van der Waals surface area contributed by atoms with Crippen LogP contribution in [0.1, 0.15) is 60.5 Å². The average molecular weight is 422 g/mol. The Kier molecular flexibility index (Phi) is 6.87. The number of hydrogen-bond donors (Lipinski definition) is 2. The maximum absolute atomic E-state index is 13.0. The van der Waals surface area contributed by atoms with Crippen LogP contribution < -0.4 is 15.4 Å². The molecular weight excluding hydrogens is 390 g/mol. The van der Waals surface area contributed by atoms with Crippen molar-refractivity contribution in [1.29, 1.82) is 0 Å². The minimum Gasteiger partial charge on any atom is -0.497 e. The highest BCUT2D eigenvalue weighted by atomic mass is 16.5. The molecule has 4 rings (SSSR count). The Labute approximate surface area is 184 Å². The first kappa shape index (κ1) is 21.4. The summed E-state index contributed by atoms with van der Waals surface area (Å²) in [6, 6.07) is 15.9. The molecule has 1 atom stereocenters. The van der Waals surface area contributed by atoms with Gasteiger partial charge in [-0.25, -0.2) is 0 Å². The third-order valence-corrected chi connectivity index (χ3v) is 6.07. The van der Waals surface area contributed by atoms with E-state index in [-0.39, 0.29) is 23.9 Å². The molecule has 1 heterocycles. The van der Waals surface area contributed by atoms with Crippen LogP contribution in [0.5, 0.6) is 5.75 Å². The summed E-state index contributed by atoms with van der Waals surface area (Å²) in [6.07, 6.45) is 6.50. The standard InChI is InChI=1S/C25H31N3O3/c1-31-20-14-10-18(11-15-20)23-9-3-2-6-16-28(23)17-24(29)27-22-8-5-4-7-21(22)25(30)26-19-12-13-19/h4-5,7-8,10-11,14-15,19,23H,2-3,6,9,12-13,16-17H2,1H3,(H,26,30)(H,27,29). The number of nitrogens with zero attached hydrogens (tertiary/aromatic N) is 1. The van der Waals surface area contributed by atoms with Crippen LogP contribution in [0.4, 0.5) is 5.69 Å². The number of benzene rings is 2. The van der Waals surface area contributed by atoms with E-state index in [1.807, 2.05) is 24.3 Å². The van der Waals surface area contributed by atoms with E-state index in [0.717, 1.165) is 44.4 Å². The van der Waals surface area contributed by atoms with Gasteiger partial charge in [0.25, 0.3) is 5.91 Å². The lowest BCUT2D eigenvalue weighted by atomic mass is 10.0. The van der Waals surface area contributed by atoms with Gasteiger partial charge >= 0.3 is 0 Å². The molecule has 2 fully saturated rings. The van der Waals surface area contributed by atoms with Gasteiger partial charge in [0.05, 0.1) is 24.9 Å². The van der Waals surface area contributed by atoms with E-state index in [4.69, 9.17) is 4.74 Å². The summed E-state index contributed by atoms with van der Waals surface area (Å²) in [6.45, 7) is 1.18. The van der Waals surface area contributed by atoms with Crippen LogP contribution in [0.15, 0.2) is 48.5 Å². The minimum atomic E-state index is -0.121. The zero-order valence-corrected chi connectivity index (χ0v) is 18.1. The van der Waals surface area contributed by atoms with Crippen LogP contribution in [0, 0.1) is 0 Å². The number of carbonyl (C=O) groups is 2. The lowest BCUT2D eigenvalue weighted by molar-refractivity contribution is -0.117. The van der Waals surface area contributed by atoms with Crippen LogP contribution in [-0.4, -0.2) is 43.0 Å². The van der Waals surface area contributed by atoms with Crippen LogP contribution in [-0.2, 0) is 4.79 Å². The monoisotopic (exact) mass is 421 g/mol. The predicted molar refractivity (Wildman–Crippen MR) is 121 cm³/mol. The minimum absolute atomic E-state index is 0.0907. The average Bonchev–Trinajstić information content (AvgIpc) is 3.62. The van der Waals surface area contributed by atoms with Crippen molar-refractivity contribution >= 4 is 17.5 Å². The number of amides is 2. The summed E-state index contributed by atoms with van der Waals surface area (Å²) in [4.78, 5) is 27.8. The summed E-state index contributed by atoms with van der Waals surface area (Å²) >= 11 is 0. The smallest absolute Gasteiger partial charge is 0.253 e. The van der Waals surface area contributed by atoms with Gasteiger partial charge < -0.3 is 15.4 Å². The first-order valence-corrected chi connectivity index (χ1v) is 11.2. The van der Waals surface area contributed by atoms with Crippen molar-refractivity contribution in [2.24, 2.45) is 0 Å². The third kappa shape index (κ3) is 5.64. The van der Waals surface area contributed by atoms with Gasteiger partial charge in [-0.15, -0.1) is 0 Å². The van der Waals surface area contributed by atoms with E-state index in [1.54, 1.807) is 19.2 Å². The van der Waals surface area contributed by atoms with Crippen molar-refractivity contribution in [3.05, 3.63) is 59.7 Å². The molecule has 6 nitrogen and oxygen atoms in total. The number of ether oxygens (including phenoxy) is 1. The third-order valence-electron chi connectivity index (χ3n) is 6.07. The topological polar surface area (TPSA) is 70.7 Å². The Morgan fingerprint density at radius 1 is 1.00 bits per heavy atom. The summed E-state index contributed by atoms with van der Waals surface area (Å²) < 4.78 is 5.29. The summed E-state index contributed by atoms with van der Waals surface area (Å²) in [5.74, 6) is 0.624. The Morgan fingerprint density at radius 3 is 2.52 bits per heavy atom. The van der Waals surface area contributed by atoms with E-state index in [2.05, 4.69) is 27.7 Å². The molecular formula is C25H31N3O3. The van der Waals surface area contributed by atoms with Crippen molar-refractivity contribution in [2.45, 2.75) is 50.6 Å². The molecule has 2 aromatic rings. The van der Waals surface area contributed by atoms with Gasteiger partial charge in [-0.3, -0.25) is 14.5 Å². The fourth-order valence-corrected chi connectivity index (χ4v) is 4.22. The molecule has 1 unspecified atom stereocenters. The van der Waals surface area contributed by atoms with Crippen molar-refractivity contribution < 1.29 is 14.3 Å². The molecule has 1 saturated heterocycles. The van der Waals surface area contributed by atoms with E-state index >= 15 is 0 Å². The molecule has 2 N–H and O–H groups in total. The lowest BCUT2D eigenvalue weighted by Gasteiger charge is -2.30. The SMILES string of the molecule is COc1ccc(C2CCCCCN2CC(=O)Nc2ccccc2C(=O)NC2CC2)cc1. The van der Waals surface area contributed by atoms with Crippen molar-refractivity contribution in [3.8, 4) is 5.75 Å². The zero-order valence-electron chi connectivity index (χ0n) is 18.1. The highest BCUT2D eigenvalue weighted by Gasteiger charge is 2.27. The second-order valence-corrected chi connectivity index (χ2v) is 8.45. The molecule has 2 aliphatic rings. The van der Waals surface area contributed by atoms with Gasteiger partial charge in [0.2, 0.25) is 5.91 Å². The number of nitrogens with one attached hydrogen (secondary N) is 2. The van der Waals surface area contributed by atoms with Crippen molar-refractivity contribution in [3.63, 3.8) is 0 Å². The molecule has 1 aliphatic carbocycles. The number of anilines is 1. The molecule has 0 spiro atoms. The van der Waals surface area contributed by atoms with Crippen LogP contribution in [0.25, 0.3) is 0 Å². The summed E-state index contributed by atoms with van der Waals surface area (Å²) in [5.41, 5.74) is 2.30. The largest absolute Gasteiger partial charge is 0.497 e. The molecule has 6 heteroatoms. The second-order valence-electron chi connectivity index (χ2n) is 8.45. The van der Waals surface area contributed by atoms with E-state index in [9.17, 15) is 9.59 Å². The highest BCUT2D eigenvalue weighted by molar-refractivity contribution is 6.04. The van der Waals surface area contributed by atoms with Crippen molar-refractivity contribution in [2.75, 3.05) is 25.5 Å². The molecule has 0 radical (unpaired) electrons. The number of hydrogen-bond acceptors (Lipinski definition) is 4. The van der Waals surface area contributed by atoms with Gasteiger partial charge in [0.1, 0.15) is 5.75 Å². The van der Waals surface area contributed by atoms with Crippen LogP contribution in [0.2, 0.25) is 0 Å². The van der Waals surface area contributed by atoms with Gasteiger partial charge in [-0.2, -0.15) is 0 Å². The molecule has 31 heavy (non-hydrogen) atoms. The van der Waals surface area contributed by atoms with Crippen LogP contribution in [0.3, 0.4) is 0 Å². The maximum Gasteiger partial charge on any atom is 0.253 e. The molecule has 2 aromatic carbocycles. The maximum atomic E-state index is 13.0. The molecule has 0 aromatic heterocycles. The molecule has 1 aliphatic heterocycles. The van der Waals surface area contributed by atoms with E-state index in [1.165, 1.54) is 12.0 Å². The zero-order chi connectivity index (χ0) is 21.6. The van der Waals surface area contributed by atoms with Crippen LogP contribution >= 0.6 is 0 Å². The fraction of sp³-hybridized carbons (Fsp3) is 0.440. The second kappa shape index (κ2) is 9.96. The fourth-order valence-electron chi connectivity index (χ4n) is 4.22. The van der Waals surface area contributed by atoms with Crippen molar-refractivity contribution in [1.82, 2.24) is 10.2 Å². The number of likely N-dealkylation sites (tertiary alicyclic amines) is 1. The van der Waals surface area contributed by atoms with Gasteiger partial charge in [-0.05, 0) is 62.1 Å². The van der Waals surface area contributed by atoms with Gasteiger partial charge in [0, 0.05) is 12.1 Å². The molecule has 1 saturated carbocycles. The van der Waals surface area contributed by atoms with E-state index in [0.29, 0.717) is 17.8 Å². The molecule has 164 valence electrons. The molecule has 0 bridgehead atoms. The normalized spacial score (nSPS) is 19.3.